The highest BCUT2D eigenvalue weighted by Crippen LogP contribution is 2.29. The third-order valence-corrected chi connectivity index (χ3v) is 4.79. The number of amidine groups is 2. The van der Waals surface area contributed by atoms with Gasteiger partial charge in [0.2, 0.25) is 0 Å². The van der Waals surface area contributed by atoms with E-state index in [2.05, 4.69) is 30.0 Å². The molecule has 2 aromatic carbocycles. The number of nitrogens with two attached hydrogens (primary N) is 1. The van der Waals surface area contributed by atoms with E-state index in [1.807, 2.05) is 12.1 Å². The molecule has 0 aromatic heterocycles. The van der Waals surface area contributed by atoms with Crippen molar-refractivity contribution in [3.05, 3.63) is 59.2 Å². The maximum absolute atomic E-state index is 10.3. The lowest BCUT2D eigenvalue weighted by atomic mass is 10.1. The minimum Gasteiger partial charge on any atom is -0.507 e. The minimum absolute atomic E-state index is 0.189. The molecule has 4 rings (SSSR count). The number of phenols is 1. The van der Waals surface area contributed by atoms with Gasteiger partial charge >= 0.3 is 0 Å². The monoisotopic (exact) mass is 334 g/mol. The number of nitrogens with zero attached hydrogens (tertiary/aromatic N) is 3. The molecular weight excluding hydrogens is 312 g/mol. The van der Waals surface area contributed by atoms with Crippen molar-refractivity contribution in [3.8, 4) is 5.75 Å². The molecular formula is C20H22N4O. The van der Waals surface area contributed by atoms with Crippen LogP contribution >= 0.6 is 0 Å². The number of aryl methyl sites for hydroxylation is 1. The third kappa shape index (κ3) is 3.15. The molecule has 2 aliphatic heterocycles. The van der Waals surface area contributed by atoms with E-state index in [1.165, 1.54) is 0 Å². The molecule has 5 nitrogen and oxygen atoms in total. The van der Waals surface area contributed by atoms with E-state index in [9.17, 15) is 5.11 Å². The van der Waals surface area contributed by atoms with E-state index >= 15 is 0 Å². The molecule has 25 heavy (non-hydrogen) atoms. The summed E-state index contributed by atoms with van der Waals surface area (Å²) in [5.41, 5.74) is 9.96. The van der Waals surface area contributed by atoms with Crippen LogP contribution in [0.1, 0.15) is 23.1 Å². The van der Waals surface area contributed by atoms with Gasteiger partial charge in [-0.05, 0) is 42.7 Å². The van der Waals surface area contributed by atoms with E-state index in [0.717, 1.165) is 48.6 Å². The Kier molecular flexibility index (Phi) is 4.01. The van der Waals surface area contributed by atoms with Crippen LogP contribution in [0.3, 0.4) is 0 Å². The first-order valence-electron chi connectivity index (χ1n) is 8.65. The molecule has 0 aliphatic carbocycles. The number of hydrogen-bond acceptors (Lipinski definition) is 5. The zero-order valence-electron chi connectivity index (χ0n) is 14.3. The molecule has 1 atom stereocenters. The van der Waals surface area contributed by atoms with Crippen molar-refractivity contribution in [3.63, 3.8) is 0 Å². The van der Waals surface area contributed by atoms with Crippen molar-refractivity contribution < 1.29 is 5.11 Å². The summed E-state index contributed by atoms with van der Waals surface area (Å²) in [5.74, 6) is 1.72. The Morgan fingerprint density at radius 3 is 2.76 bits per heavy atom. The van der Waals surface area contributed by atoms with Crippen molar-refractivity contribution in [2.24, 2.45) is 15.7 Å². The molecule has 0 saturated carbocycles. The van der Waals surface area contributed by atoms with Gasteiger partial charge in [0.15, 0.2) is 5.84 Å². The standard InChI is InChI=1S/C20H22N4O/c1-13-6-7-14-11-19(24-9-8-15(21)12-24)23-20(22-17(14)10-13)16-4-2-3-5-18(16)25/h2-7,10,15,25H,8-9,11-12,21H2,1H3. The van der Waals surface area contributed by atoms with Crippen LogP contribution in [-0.4, -0.2) is 40.8 Å². The van der Waals surface area contributed by atoms with Gasteiger partial charge in [-0.15, -0.1) is 0 Å². The minimum atomic E-state index is 0.189. The Balaban J connectivity index is 1.84. The highest BCUT2D eigenvalue weighted by Gasteiger charge is 2.25. The zero-order valence-corrected chi connectivity index (χ0v) is 14.3. The van der Waals surface area contributed by atoms with Crippen LogP contribution < -0.4 is 5.73 Å². The van der Waals surface area contributed by atoms with E-state index in [-0.39, 0.29) is 11.8 Å². The average Bonchev–Trinajstić information content (AvgIpc) is 2.93. The number of hydrogen-bond donors (Lipinski definition) is 2. The maximum atomic E-state index is 10.3. The van der Waals surface area contributed by atoms with Gasteiger partial charge in [-0.2, -0.15) is 0 Å². The lowest BCUT2D eigenvalue weighted by Crippen LogP contribution is -2.33. The van der Waals surface area contributed by atoms with Crippen LogP contribution in [0.15, 0.2) is 52.4 Å². The number of rotatable bonds is 1. The van der Waals surface area contributed by atoms with Crippen molar-refractivity contribution in [2.45, 2.75) is 25.8 Å². The highest BCUT2D eigenvalue weighted by atomic mass is 16.3. The molecule has 0 spiro atoms. The van der Waals surface area contributed by atoms with Crippen LogP contribution in [-0.2, 0) is 6.42 Å². The van der Waals surface area contributed by atoms with Crippen molar-refractivity contribution >= 4 is 17.4 Å². The molecule has 0 amide bonds. The van der Waals surface area contributed by atoms with Crippen LogP contribution in [0, 0.1) is 6.92 Å². The van der Waals surface area contributed by atoms with Gasteiger partial charge in [-0.3, -0.25) is 0 Å². The molecule has 128 valence electrons. The van der Waals surface area contributed by atoms with Gasteiger partial charge in [0.25, 0.3) is 0 Å². The van der Waals surface area contributed by atoms with Crippen LogP contribution in [0.5, 0.6) is 5.75 Å². The molecule has 2 heterocycles. The first-order valence-corrected chi connectivity index (χ1v) is 8.65. The summed E-state index contributed by atoms with van der Waals surface area (Å²) in [7, 11) is 0. The predicted octanol–water partition coefficient (Wildman–Crippen LogP) is 2.77. The van der Waals surface area contributed by atoms with Crippen molar-refractivity contribution in [1.29, 1.82) is 0 Å². The van der Waals surface area contributed by atoms with E-state index < -0.39 is 0 Å². The zero-order chi connectivity index (χ0) is 17.4. The summed E-state index contributed by atoms with van der Waals surface area (Å²) in [6.07, 6.45) is 1.70. The smallest absolute Gasteiger partial charge is 0.165 e. The number of benzene rings is 2. The lowest BCUT2D eigenvalue weighted by Gasteiger charge is -2.20. The highest BCUT2D eigenvalue weighted by molar-refractivity contribution is 6.10. The van der Waals surface area contributed by atoms with Gasteiger partial charge in [0.05, 0.1) is 11.3 Å². The molecule has 1 unspecified atom stereocenters. The molecule has 0 bridgehead atoms. The summed E-state index contributed by atoms with van der Waals surface area (Å²) in [4.78, 5) is 11.9. The second-order valence-corrected chi connectivity index (χ2v) is 6.78. The number of aromatic hydroxyl groups is 1. The number of aliphatic imine (C=N–C) groups is 2. The van der Waals surface area contributed by atoms with E-state index in [1.54, 1.807) is 12.1 Å². The maximum Gasteiger partial charge on any atom is 0.165 e. The quantitative estimate of drug-likeness (QED) is 0.842. The predicted molar refractivity (Wildman–Crippen MR) is 101 cm³/mol. The van der Waals surface area contributed by atoms with Crippen LogP contribution in [0.25, 0.3) is 0 Å². The Labute approximate surface area is 147 Å². The second-order valence-electron chi connectivity index (χ2n) is 6.78. The fraction of sp³-hybridized carbons (Fsp3) is 0.300. The number of phenolic OH excluding ortho intramolecular Hbond substituents is 1. The Hall–Kier alpha value is -2.66. The molecule has 1 saturated heterocycles. The van der Waals surface area contributed by atoms with Gasteiger partial charge < -0.3 is 15.7 Å². The number of likely N-dealkylation sites (tertiary alicyclic amines) is 1. The average molecular weight is 334 g/mol. The number of fused-ring (bicyclic) bond motifs is 1. The SMILES string of the molecule is Cc1ccc2c(c1)N=C(c1ccccc1O)N=C(N1CCC(N)C1)C2. The van der Waals surface area contributed by atoms with Gasteiger partial charge in [0.1, 0.15) is 11.6 Å². The Bertz CT molecular complexity index is 872. The van der Waals surface area contributed by atoms with Gasteiger partial charge in [-0.25, -0.2) is 9.98 Å². The summed E-state index contributed by atoms with van der Waals surface area (Å²) < 4.78 is 0. The summed E-state index contributed by atoms with van der Waals surface area (Å²) in [5, 5.41) is 10.3. The molecule has 2 aromatic rings. The van der Waals surface area contributed by atoms with Crippen molar-refractivity contribution in [2.75, 3.05) is 13.1 Å². The summed E-state index contributed by atoms with van der Waals surface area (Å²) in [6, 6.07) is 13.7. The summed E-state index contributed by atoms with van der Waals surface area (Å²) >= 11 is 0. The molecule has 0 radical (unpaired) electrons. The fourth-order valence-corrected chi connectivity index (χ4v) is 3.39. The van der Waals surface area contributed by atoms with Crippen LogP contribution in [0.4, 0.5) is 5.69 Å². The van der Waals surface area contributed by atoms with Gasteiger partial charge in [0, 0.05) is 25.6 Å². The molecule has 2 aliphatic rings. The van der Waals surface area contributed by atoms with E-state index in [0.29, 0.717) is 11.4 Å². The number of para-hydroxylation sites is 1. The second kappa shape index (κ2) is 6.33. The van der Waals surface area contributed by atoms with Gasteiger partial charge in [-0.1, -0.05) is 24.3 Å². The third-order valence-electron chi connectivity index (χ3n) is 4.79. The summed E-state index contributed by atoms with van der Waals surface area (Å²) in [6.45, 7) is 3.78. The first kappa shape index (κ1) is 15.8. The fourth-order valence-electron chi connectivity index (χ4n) is 3.39. The topological polar surface area (TPSA) is 74.2 Å². The Morgan fingerprint density at radius 1 is 1.16 bits per heavy atom. The molecule has 1 fully saturated rings. The van der Waals surface area contributed by atoms with Crippen molar-refractivity contribution in [1.82, 2.24) is 4.90 Å². The van der Waals surface area contributed by atoms with E-state index in [4.69, 9.17) is 15.7 Å². The largest absolute Gasteiger partial charge is 0.507 e. The first-order chi connectivity index (χ1) is 12.1. The molecule has 5 heteroatoms. The normalized spacial score (nSPS) is 19.9. The van der Waals surface area contributed by atoms with Crippen LogP contribution in [0.2, 0.25) is 0 Å². The Morgan fingerprint density at radius 2 is 2.00 bits per heavy atom. The molecule has 3 N–H and O–H groups in total. The lowest BCUT2D eigenvalue weighted by molar-refractivity contribution is 0.474.